The highest BCUT2D eigenvalue weighted by atomic mass is 16.5. The number of hydrogen-bond donors (Lipinski definition) is 3. The molecule has 0 bridgehead atoms. The molecule has 1 fully saturated rings. The first-order valence-corrected chi connectivity index (χ1v) is 6.98. The highest BCUT2D eigenvalue weighted by Gasteiger charge is 2.40. The molecular weight excluding hydrogens is 242 g/mol. The van der Waals surface area contributed by atoms with Crippen LogP contribution in [0.3, 0.4) is 0 Å². The van der Waals surface area contributed by atoms with Gasteiger partial charge in [0, 0.05) is 25.6 Å². The first kappa shape index (κ1) is 12.9. The largest absolute Gasteiger partial charge is 0.508 e. The average Bonchev–Trinajstić information content (AvgIpc) is 2.92. The molecule has 3 N–H and O–H groups in total. The van der Waals surface area contributed by atoms with E-state index in [1.54, 1.807) is 6.07 Å². The van der Waals surface area contributed by atoms with E-state index in [2.05, 4.69) is 5.32 Å². The summed E-state index contributed by atoms with van der Waals surface area (Å²) < 4.78 is 5.45. The van der Waals surface area contributed by atoms with E-state index < -0.39 is 5.60 Å². The summed E-state index contributed by atoms with van der Waals surface area (Å²) in [6, 6.07) is 5.82. The molecule has 3 rings (SSSR count). The van der Waals surface area contributed by atoms with Crippen molar-refractivity contribution in [1.82, 2.24) is 5.32 Å². The van der Waals surface area contributed by atoms with E-state index in [1.165, 1.54) is 11.1 Å². The Kier molecular flexibility index (Phi) is 3.25. The van der Waals surface area contributed by atoms with Crippen molar-refractivity contribution in [2.24, 2.45) is 0 Å². The Morgan fingerprint density at radius 3 is 3.05 bits per heavy atom. The first-order valence-electron chi connectivity index (χ1n) is 6.98. The second kappa shape index (κ2) is 4.78. The van der Waals surface area contributed by atoms with Crippen molar-refractivity contribution in [2.75, 3.05) is 13.2 Å². The predicted octanol–water partition coefficient (Wildman–Crippen LogP) is 1.51. The second-order valence-corrected chi connectivity index (χ2v) is 5.72. The van der Waals surface area contributed by atoms with E-state index in [1.807, 2.05) is 19.1 Å². The van der Waals surface area contributed by atoms with Gasteiger partial charge in [0.05, 0.1) is 6.10 Å². The van der Waals surface area contributed by atoms with Gasteiger partial charge < -0.3 is 20.3 Å². The minimum atomic E-state index is -0.750. The second-order valence-electron chi connectivity index (χ2n) is 5.72. The monoisotopic (exact) mass is 263 g/mol. The molecule has 1 aliphatic heterocycles. The first-order chi connectivity index (χ1) is 9.08. The minimum Gasteiger partial charge on any atom is -0.508 e. The van der Waals surface area contributed by atoms with Crippen LogP contribution < -0.4 is 5.32 Å². The Labute approximate surface area is 113 Å². The van der Waals surface area contributed by atoms with Gasteiger partial charge in [-0.05, 0) is 43.0 Å². The highest BCUT2D eigenvalue weighted by molar-refractivity contribution is 5.40. The van der Waals surface area contributed by atoms with Crippen LogP contribution in [0.5, 0.6) is 5.75 Å². The van der Waals surface area contributed by atoms with E-state index in [4.69, 9.17) is 4.74 Å². The van der Waals surface area contributed by atoms with Crippen molar-refractivity contribution in [3.63, 3.8) is 0 Å². The molecule has 0 amide bonds. The lowest BCUT2D eigenvalue weighted by Gasteiger charge is -2.28. The van der Waals surface area contributed by atoms with E-state index in [9.17, 15) is 10.2 Å². The minimum absolute atomic E-state index is 0.110. The Balaban J connectivity index is 1.67. The molecule has 0 aromatic heterocycles. The molecule has 3 atom stereocenters. The standard InChI is InChI=1S/C15H21NO3/c1-10-15(18,6-7-19-10)9-16-14-5-2-11-8-12(17)3-4-13(11)14/h3-4,8,10,14,16-18H,2,5-7,9H2,1H3. The van der Waals surface area contributed by atoms with Crippen LogP contribution in [0.15, 0.2) is 18.2 Å². The van der Waals surface area contributed by atoms with E-state index in [0.29, 0.717) is 25.3 Å². The SMILES string of the molecule is CC1OCCC1(O)CNC1CCc2cc(O)ccc21. The highest BCUT2D eigenvalue weighted by Crippen LogP contribution is 2.34. The molecule has 1 saturated heterocycles. The fraction of sp³-hybridized carbons (Fsp3) is 0.600. The van der Waals surface area contributed by atoms with Gasteiger partial charge in [-0.3, -0.25) is 0 Å². The lowest BCUT2D eigenvalue weighted by Crippen LogP contribution is -2.46. The van der Waals surface area contributed by atoms with Crippen LogP contribution in [0.4, 0.5) is 0 Å². The van der Waals surface area contributed by atoms with Crippen molar-refractivity contribution in [3.8, 4) is 5.75 Å². The molecule has 0 saturated carbocycles. The number of hydrogen-bond acceptors (Lipinski definition) is 4. The summed E-state index contributed by atoms with van der Waals surface area (Å²) in [6.07, 6.45) is 2.58. The van der Waals surface area contributed by atoms with Gasteiger partial charge in [-0.15, -0.1) is 0 Å². The number of aromatic hydroxyl groups is 1. The molecule has 4 nitrogen and oxygen atoms in total. The van der Waals surface area contributed by atoms with Crippen molar-refractivity contribution < 1.29 is 14.9 Å². The molecule has 19 heavy (non-hydrogen) atoms. The van der Waals surface area contributed by atoms with Gasteiger partial charge in [0.1, 0.15) is 11.4 Å². The van der Waals surface area contributed by atoms with E-state index in [-0.39, 0.29) is 12.1 Å². The molecule has 1 aromatic rings. The van der Waals surface area contributed by atoms with Crippen molar-refractivity contribution in [3.05, 3.63) is 29.3 Å². The Morgan fingerprint density at radius 2 is 2.32 bits per heavy atom. The summed E-state index contributed by atoms with van der Waals surface area (Å²) in [7, 11) is 0. The zero-order chi connectivity index (χ0) is 13.5. The van der Waals surface area contributed by atoms with Crippen molar-refractivity contribution >= 4 is 0 Å². The lowest BCUT2D eigenvalue weighted by atomic mass is 9.96. The molecule has 1 heterocycles. The van der Waals surface area contributed by atoms with Gasteiger partial charge in [0.15, 0.2) is 0 Å². The third-order valence-corrected chi connectivity index (χ3v) is 4.52. The van der Waals surface area contributed by atoms with Gasteiger partial charge in [-0.1, -0.05) is 6.07 Å². The topological polar surface area (TPSA) is 61.7 Å². The third-order valence-electron chi connectivity index (χ3n) is 4.52. The van der Waals surface area contributed by atoms with Crippen LogP contribution in [0.1, 0.15) is 36.9 Å². The number of fused-ring (bicyclic) bond motifs is 1. The number of rotatable bonds is 3. The van der Waals surface area contributed by atoms with Crippen LogP contribution in [0.25, 0.3) is 0 Å². The number of aryl methyl sites for hydroxylation is 1. The van der Waals surface area contributed by atoms with Crippen molar-refractivity contribution in [2.45, 2.75) is 43.9 Å². The molecule has 1 aromatic carbocycles. The summed E-state index contributed by atoms with van der Waals surface area (Å²) in [6.45, 7) is 3.11. The maximum absolute atomic E-state index is 10.5. The van der Waals surface area contributed by atoms with Gasteiger partial charge in [0.25, 0.3) is 0 Å². The summed E-state index contributed by atoms with van der Waals surface area (Å²) in [5.41, 5.74) is 1.70. The molecule has 2 aliphatic rings. The summed E-state index contributed by atoms with van der Waals surface area (Å²) in [5.74, 6) is 0.329. The van der Waals surface area contributed by atoms with Gasteiger partial charge in [-0.2, -0.15) is 0 Å². The van der Waals surface area contributed by atoms with E-state index in [0.717, 1.165) is 12.8 Å². The average molecular weight is 263 g/mol. The molecule has 3 unspecified atom stereocenters. The van der Waals surface area contributed by atoms with Gasteiger partial charge in [0.2, 0.25) is 0 Å². The zero-order valence-electron chi connectivity index (χ0n) is 11.2. The summed E-state index contributed by atoms with van der Waals surface area (Å²) in [5, 5.41) is 23.4. The maximum Gasteiger partial charge on any atom is 0.115 e. The number of aliphatic hydroxyl groups is 1. The van der Waals surface area contributed by atoms with Crippen LogP contribution in [-0.4, -0.2) is 35.1 Å². The maximum atomic E-state index is 10.5. The van der Waals surface area contributed by atoms with Crippen LogP contribution in [-0.2, 0) is 11.2 Å². The predicted molar refractivity (Wildman–Crippen MR) is 72.2 cm³/mol. The normalized spacial score (nSPS) is 33.6. The zero-order valence-corrected chi connectivity index (χ0v) is 11.2. The molecule has 4 heteroatoms. The Hall–Kier alpha value is -1.10. The fourth-order valence-corrected chi connectivity index (χ4v) is 3.12. The number of phenolic OH excluding ortho intramolecular Hbond substituents is 1. The Morgan fingerprint density at radius 1 is 1.47 bits per heavy atom. The van der Waals surface area contributed by atoms with Gasteiger partial charge >= 0.3 is 0 Å². The van der Waals surface area contributed by atoms with Crippen LogP contribution in [0.2, 0.25) is 0 Å². The molecule has 1 aliphatic carbocycles. The summed E-state index contributed by atoms with van der Waals surface area (Å²) >= 11 is 0. The third kappa shape index (κ3) is 2.36. The molecule has 0 spiro atoms. The smallest absolute Gasteiger partial charge is 0.115 e. The molecular formula is C15H21NO3. The number of nitrogens with one attached hydrogen (secondary N) is 1. The van der Waals surface area contributed by atoms with Crippen LogP contribution >= 0.6 is 0 Å². The Bertz CT molecular complexity index is 476. The van der Waals surface area contributed by atoms with Crippen LogP contribution in [0, 0.1) is 0 Å². The molecule has 0 radical (unpaired) electrons. The number of ether oxygens (including phenoxy) is 1. The quantitative estimate of drug-likeness (QED) is 0.773. The van der Waals surface area contributed by atoms with E-state index >= 15 is 0 Å². The lowest BCUT2D eigenvalue weighted by molar-refractivity contribution is -0.0276. The van der Waals surface area contributed by atoms with Gasteiger partial charge in [-0.25, -0.2) is 0 Å². The summed E-state index contributed by atoms with van der Waals surface area (Å²) in [4.78, 5) is 0. The fourth-order valence-electron chi connectivity index (χ4n) is 3.12. The number of benzene rings is 1. The van der Waals surface area contributed by atoms with Crippen molar-refractivity contribution in [1.29, 1.82) is 0 Å². The molecule has 104 valence electrons. The number of phenols is 1.